The lowest BCUT2D eigenvalue weighted by Crippen LogP contribution is -2.33. The molecule has 2 rings (SSSR count). The van der Waals surface area contributed by atoms with Gasteiger partial charge in [0.05, 0.1) is 6.61 Å². The Hall–Kier alpha value is -1.36. The van der Waals surface area contributed by atoms with E-state index in [0.717, 1.165) is 6.54 Å². The van der Waals surface area contributed by atoms with E-state index < -0.39 is 0 Å². The second-order valence-electron chi connectivity index (χ2n) is 4.40. The third-order valence-corrected chi connectivity index (χ3v) is 3.10. The molecular weight excluding hydrogens is 228 g/mol. The minimum atomic E-state index is 0.174. The molecule has 0 fully saturated rings. The van der Waals surface area contributed by atoms with Crippen LogP contribution >= 0.6 is 0 Å². The first kappa shape index (κ1) is 13.1. The third-order valence-electron chi connectivity index (χ3n) is 3.10. The number of fused-ring (bicyclic) bond motifs is 1. The van der Waals surface area contributed by atoms with Gasteiger partial charge >= 0.3 is 0 Å². The molecule has 0 radical (unpaired) electrons. The number of hydrogen-bond donors (Lipinski definition) is 3. The molecule has 0 aliphatic carbocycles. The minimum Gasteiger partial charge on any atom is -0.396 e. The lowest BCUT2D eigenvalue weighted by Gasteiger charge is -2.17. The quantitative estimate of drug-likeness (QED) is 0.698. The van der Waals surface area contributed by atoms with Crippen LogP contribution in [-0.4, -0.2) is 36.5 Å². The Kier molecular flexibility index (Phi) is 4.75. The molecule has 1 heterocycles. The van der Waals surface area contributed by atoms with Crippen molar-refractivity contribution in [1.82, 2.24) is 10.3 Å². The number of H-pyrrole nitrogens is 1. The van der Waals surface area contributed by atoms with Gasteiger partial charge in [0.15, 0.2) is 0 Å². The molecule has 18 heavy (non-hydrogen) atoms. The lowest BCUT2D eigenvalue weighted by molar-refractivity contribution is 0.148. The van der Waals surface area contributed by atoms with Gasteiger partial charge in [-0.25, -0.2) is 0 Å². The van der Waals surface area contributed by atoms with Crippen molar-refractivity contribution in [3.05, 3.63) is 36.0 Å². The van der Waals surface area contributed by atoms with Gasteiger partial charge in [-0.2, -0.15) is 0 Å². The molecule has 1 atom stereocenters. The molecule has 0 saturated heterocycles. The van der Waals surface area contributed by atoms with Crippen LogP contribution < -0.4 is 5.32 Å². The second-order valence-corrected chi connectivity index (χ2v) is 4.40. The number of para-hydroxylation sites is 1. The largest absolute Gasteiger partial charge is 0.396 e. The summed E-state index contributed by atoms with van der Waals surface area (Å²) in [7, 11) is 1.68. The number of aromatic nitrogens is 1. The van der Waals surface area contributed by atoms with Gasteiger partial charge in [0.1, 0.15) is 0 Å². The number of hydrogen-bond acceptors (Lipinski definition) is 3. The van der Waals surface area contributed by atoms with Crippen molar-refractivity contribution in [2.45, 2.75) is 19.0 Å². The summed E-state index contributed by atoms with van der Waals surface area (Å²) in [6.07, 6.45) is 2.66. The number of benzene rings is 1. The summed E-state index contributed by atoms with van der Waals surface area (Å²) in [6, 6.07) is 8.51. The van der Waals surface area contributed by atoms with E-state index in [1.165, 1.54) is 16.5 Å². The van der Waals surface area contributed by atoms with Crippen LogP contribution in [0.25, 0.3) is 10.9 Å². The van der Waals surface area contributed by atoms with Crippen LogP contribution in [0.2, 0.25) is 0 Å². The summed E-state index contributed by atoms with van der Waals surface area (Å²) < 4.78 is 5.14. The van der Waals surface area contributed by atoms with Crippen LogP contribution in [0.4, 0.5) is 0 Å². The van der Waals surface area contributed by atoms with Crippen molar-refractivity contribution in [2.24, 2.45) is 0 Å². The average molecular weight is 248 g/mol. The van der Waals surface area contributed by atoms with Gasteiger partial charge < -0.3 is 20.1 Å². The highest BCUT2D eigenvalue weighted by Crippen LogP contribution is 2.16. The normalized spacial score (nSPS) is 13.0. The number of aliphatic hydroxyl groups is 1. The Bertz CT molecular complexity index is 475. The lowest BCUT2D eigenvalue weighted by atomic mass is 10.1. The zero-order valence-corrected chi connectivity index (χ0v) is 10.6. The van der Waals surface area contributed by atoms with Gasteiger partial charge in [-0.05, 0) is 23.4 Å². The van der Waals surface area contributed by atoms with Crippen molar-refractivity contribution < 1.29 is 9.84 Å². The summed E-state index contributed by atoms with van der Waals surface area (Å²) in [4.78, 5) is 3.26. The Morgan fingerprint density at radius 3 is 3.06 bits per heavy atom. The van der Waals surface area contributed by atoms with E-state index in [0.29, 0.717) is 13.0 Å². The van der Waals surface area contributed by atoms with Crippen LogP contribution in [0.5, 0.6) is 0 Å². The number of rotatable bonds is 7. The summed E-state index contributed by atoms with van der Waals surface area (Å²) in [5.41, 5.74) is 2.40. The molecule has 0 bridgehead atoms. The van der Waals surface area contributed by atoms with Crippen molar-refractivity contribution in [2.75, 3.05) is 20.3 Å². The first-order chi connectivity index (χ1) is 8.85. The highest BCUT2D eigenvalue weighted by Gasteiger charge is 2.08. The predicted octanol–water partition coefficient (Wildman–Crippen LogP) is 1.65. The maximum absolute atomic E-state index is 9.00. The molecule has 1 aromatic heterocycles. The number of ether oxygens (including phenoxy) is 1. The SMILES string of the molecule is COCC(CCO)NCc1cccc2cc[nH]c12. The molecule has 3 N–H and O–H groups in total. The van der Waals surface area contributed by atoms with E-state index in [2.05, 4.69) is 34.6 Å². The molecule has 1 unspecified atom stereocenters. The van der Waals surface area contributed by atoms with Crippen LogP contribution in [0.1, 0.15) is 12.0 Å². The number of methoxy groups -OCH3 is 1. The van der Waals surface area contributed by atoms with Gasteiger partial charge in [0, 0.05) is 38.0 Å². The zero-order chi connectivity index (χ0) is 12.8. The molecule has 0 saturated carbocycles. The molecule has 98 valence electrons. The Labute approximate surface area is 107 Å². The predicted molar refractivity (Wildman–Crippen MR) is 72.5 cm³/mol. The highest BCUT2D eigenvalue weighted by molar-refractivity contribution is 5.82. The fourth-order valence-electron chi connectivity index (χ4n) is 2.15. The summed E-state index contributed by atoms with van der Waals surface area (Å²) in [6.45, 7) is 1.56. The molecule has 0 aliphatic rings. The Morgan fingerprint density at radius 1 is 1.39 bits per heavy atom. The van der Waals surface area contributed by atoms with E-state index in [-0.39, 0.29) is 12.6 Å². The van der Waals surface area contributed by atoms with Crippen molar-refractivity contribution in [1.29, 1.82) is 0 Å². The average Bonchev–Trinajstić information content (AvgIpc) is 2.85. The van der Waals surface area contributed by atoms with Crippen LogP contribution in [-0.2, 0) is 11.3 Å². The van der Waals surface area contributed by atoms with Gasteiger partial charge in [0.2, 0.25) is 0 Å². The molecular formula is C14H20N2O2. The fourth-order valence-corrected chi connectivity index (χ4v) is 2.15. The monoisotopic (exact) mass is 248 g/mol. The smallest absolute Gasteiger partial charge is 0.0616 e. The van der Waals surface area contributed by atoms with Crippen molar-refractivity contribution in [3.8, 4) is 0 Å². The van der Waals surface area contributed by atoms with E-state index in [4.69, 9.17) is 9.84 Å². The first-order valence-electron chi connectivity index (χ1n) is 6.23. The van der Waals surface area contributed by atoms with Gasteiger partial charge in [-0.3, -0.25) is 0 Å². The molecule has 4 heteroatoms. The molecule has 0 amide bonds. The van der Waals surface area contributed by atoms with Crippen LogP contribution in [0.15, 0.2) is 30.5 Å². The van der Waals surface area contributed by atoms with Gasteiger partial charge in [-0.1, -0.05) is 18.2 Å². The molecule has 2 aromatic rings. The minimum absolute atomic E-state index is 0.174. The molecule has 0 aliphatic heterocycles. The molecule has 1 aromatic carbocycles. The summed E-state index contributed by atoms with van der Waals surface area (Å²) >= 11 is 0. The number of aromatic amines is 1. The summed E-state index contributed by atoms with van der Waals surface area (Å²) in [5, 5.41) is 13.6. The van der Waals surface area contributed by atoms with Crippen LogP contribution in [0, 0.1) is 0 Å². The zero-order valence-electron chi connectivity index (χ0n) is 10.6. The number of nitrogens with one attached hydrogen (secondary N) is 2. The maximum atomic E-state index is 9.00. The first-order valence-corrected chi connectivity index (χ1v) is 6.23. The summed E-state index contributed by atoms with van der Waals surface area (Å²) in [5.74, 6) is 0. The van der Waals surface area contributed by atoms with Crippen molar-refractivity contribution >= 4 is 10.9 Å². The number of aliphatic hydroxyl groups excluding tert-OH is 1. The highest BCUT2D eigenvalue weighted by atomic mass is 16.5. The van der Waals surface area contributed by atoms with Crippen molar-refractivity contribution in [3.63, 3.8) is 0 Å². The van der Waals surface area contributed by atoms with E-state index in [9.17, 15) is 0 Å². The third kappa shape index (κ3) is 3.10. The topological polar surface area (TPSA) is 57.3 Å². The van der Waals surface area contributed by atoms with E-state index in [1.54, 1.807) is 7.11 Å². The molecule has 0 spiro atoms. The maximum Gasteiger partial charge on any atom is 0.0616 e. The van der Waals surface area contributed by atoms with E-state index >= 15 is 0 Å². The Balaban J connectivity index is 2.02. The molecule has 4 nitrogen and oxygen atoms in total. The second kappa shape index (κ2) is 6.54. The van der Waals surface area contributed by atoms with Gasteiger partial charge in [0.25, 0.3) is 0 Å². The van der Waals surface area contributed by atoms with Gasteiger partial charge in [-0.15, -0.1) is 0 Å². The van der Waals surface area contributed by atoms with Crippen LogP contribution in [0.3, 0.4) is 0 Å². The van der Waals surface area contributed by atoms with E-state index in [1.807, 2.05) is 6.20 Å². The fraction of sp³-hybridized carbons (Fsp3) is 0.429. The standard InChI is InChI=1S/C14H20N2O2/c1-18-10-13(6-8-17)16-9-12-4-2-3-11-5-7-15-14(11)12/h2-5,7,13,15-17H,6,8-10H2,1H3. The Morgan fingerprint density at radius 2 is 2.28 bits per heavy atom.